The number of amides is 1. The molecule has 1 aromatic heterocycles. The van der Waals surface area contributed by atoms with Crippen LogP contribution >= 0.6 is 0 Å². The molecule has 0 aliphatic rings. The molecule has 0 aliphatic heterocycles. The lowest BCUT2D eigenvalue weighted by Crippen LogP contribution is -2.35. The molecule has 0 unspecified atom stereocenters. The molecular weight excluding hydrogens is 346 g/mol. The number of aromatic nitrogens is 2. The van der Waals surface area contributed by atoms with E-state index in [9.17, 15) is 9.90 Å². The van der Waals surface area contributed by atoms with E-state index in [0.29, 0.717) is 22.8 Å². The summed E-state index contributed by atoms with van der Waals surface area (Å²) in [6, 6.07) is 16.5. The minimum atomic E-state index is -0.832. The van der Waals surface area contributed by atoms with Crippen molar-refractivity contribution in [1.29, 1.82) is 0 Å². The van der Waals surface area contributed by atoms with Crippen LogP contribution in [0.3, 0.4) is 0 Å². The number of carbonyl (C=O) groups is 1. The quantitative estimate of drug-likeness (QED) is 0.567. The van der Waals surface area contributed by atoms with Gasteiger partial charge in [-0.2, -0.15) is 5.10 Å². The van der Waals surface area contributed by atoms with Crippen molar-refractivity contribution in [2.24, 2.45) is 0 Å². The number of benzene rings is 2. The molecule has 1 heterocycles. The van der Waals surface area contributed by atoms with Gasteiger partial charge in [0.25, 0.3) is 5.91 Å². The van der Waals surface area contributed by atoms with E-state index in [1.54, 1.807) is 19.2 Å². The van der Waals surface area contributed by atoms with Gasteiger partial charge in [-0.1, -0.05) is 30.3 Å². The van der Waals surface area contributed by atoms with Crippen molar-refractivity contribution in [2.45, 2.75) is 6.10 Å². The average molecular weight is 367 g/mol. The Morgan fingerprint density at radius 3 is 2.74 bits per heavy atom. The van der Waals surface area contributed by atoms with Crippen LogP contribution in [-0.2, 0) is 0 Å². The zero-order valence-electron chi connectivity index (χ0n) is 14.9. The molecule has 0 aliphatic carbocycles. The number of H-pyrrole nitrogens is 1. The highest BCUT2D eigenvalue weighted by Gasteiger charge is 2.17. The topological polar surface area (TPSA) is 96.5 Å². The van der Waals surface area contributed by atoms with Crippen molar-refractivity contribution >= 4 is 5.91 Å². The summed E-state index contributed by atoms with van der Waals surface area (Å²) in [7, 11) is 1.58. The summed E-state index contributed by atoms with van der Waals surface area (Å²) in [6.07, 6.45) is 0.623. The molecule has 1 atom stereocenters. The van der Waals surface area contributed by atoms with Crippen molar-refractivity contribution in [1.82, 2.24) is 15.5 Å². The first-order valence-electron chi connectivity index (χ1n) is 8.49. The van der Waals surface area contributed by atoms with Gasteiger partial charge >= 0.3 is 0 Å². The molecule has 0 saturated heterocycles. The van der Waals surface area contributed by atoms with Gasteiger partial charge in [0.2, 0.25) is 0 Å². The molecule has 0 fully saturated rings. The maximum Gasteiger partial charge on any atom is 0.255 e. The monoisotopic (exact) mass is 367 g/mol. The van der Waals surface area contributed by atoms with E-state index in [0.717, 1.165) is 5.56 Å². The molecular formula is C20H21N3O4. The third-order valence-electron chi connectivity index (χ3n) is 3.93. The summed E-state index contributed by atoms with van der Waals surface area (Å²) in [5.74, 6) is 1.01. The molecule has 7 heteroatoms. The van der Waals surface area contributed by atoms with Crippen LogP contribution in [0.2, 0.25) is 0 Å². The fraction of sp³-hybridized carbons (Fsp3) is 0.200. The maximum atomic E-state index is 12.5. The number of nitrogens with zero attached hydrogens (tertiary/aromatic N) is 1. The molecule has 0 spiro atoms. The summed E-state index contributed by atoms with van der Waals surface area (Å²) in [4.78, 5) is 12.5. The zero-order valence-corrected chi connectivity index (χ0v) is 14.9. The second-order valence-corrected chi connectivity index (χ2v) is 5.88. The standard InChI is InChI=1S/C20H21N3O4/c1-26-17-9-5-6-14(10-17)19-18(12-22-23-19)20(25)21-11-15(24)13-27-16-7-3-2-4-8-16/h2-10,12,15,24H,11,13H2,1H3,(H,21,25)(H,22,23)/t15-/m1/s1. The van der Waals surface area contributed by atoms with Crippen LogP contribution in [0.25, 0.3) is 11.3 Å². The summed E-state index contributed by atoms with van der Waals surface area (Å²) in [6.45, 7) is 0.146. The van der Waals surface area contributed by atoms with Crippen molar-refractivity contribution in [2.75, 3.05) is 20.3 Å². The first-order valence-corrected chi connectivity index (χ1v) is 8.49. The van der Waals surface area contributed by atoms with Crippen LogP contribution in [0.1, 0.15) is 10.4 Å². The molecule has 3 N–H and O–H groups in total. The van der Waals surface area contributed by atoms with Gasteiger partial charge < -0.3 is 19.9 Å². The fourth-order valence-corrected chi connectivity index (χ4v) is 2.53. The number of aliphatic hydroxyl groups excluding tert-OH is 1. The normalized spacial score (nSPS) is 11.6. The Labute approximate surface area is 157 Å². The van der Waals surface area contributed by atoms with Gasteiger partial charge in [-0.3, -0.25) is 9.89 Å². The van der Waals surface area contributed by atoms with Gasteiger partial charge in [-0.05, 0) is 24.3 Å². The summed E-state index contributed by atoms with van der Waals surface area (Å²) >= 11 is 0. The van der Waals surface area contributed by atoms with Crippen molar-refractivity contribution in [3.8, 4) is 22.8 Å². The van der Waals surface area contributed by atoms with Crippen LogP contribution in [0, 0.1) is 0 Å². The molecule has 2 aromatic carbocycles. The smallest absolute Gasteiger partial charge is 0.255 e. The van der Waals surface area contributed by atoms with Crippen LogP contribution in [0.15, 0.2) is 60.8 Å². The summed E-state index contributed by atoms with van der Waals surface area (Å²) in [5.41, 5.74) is 1.76. The van der Waals surface area contributed by atoms with Crippen LogP contribution in [0.5, 0.6) is 11.5 Å². The molecule has 27 heavy (non-hydrogen) atoms. The van der Waals surface area contributed by atoms with E-state index in [1.807, 2.05) is 42.5 Å². The largest absolute Gasteiger partial charge is 0.497 e. The van der Waals surface area contributed by atoms with Crippen LogP contribution in [-0.4, -0.2) is 47.6 Å². The highest BCUT2D eigenvalue weighted by molar-refractivity contribution is 5.99. The number of hydrogen-bond donors (Lipinski definition) is 3. The second kappa shape index (κ2) is 8.86. The molecule has 0 bridgehead atoms. The van der Waals surface area contributed by atoms with E-state index in [1.165, 1.54) is 6.20 Å². The Morgan fingerprint density at radius 1 is 1.19 bits per heavy atom. The van der Waals surface area contributed by atoms with Gasteiger partial charge in [0.15, 0.2) is 0 Å². The number of carbonyl (C=O) groups excluding carboxylic acids is 1. The Balaban J connectivity index is 1.58. The van der Waals surface area contributed by atoms with E-state index < -0.39 is 6.10 Å². The Bertz CT molecular complexity index is 880. The summed E-state index contributed by atoms with van der Waals surface area (Å²) < 4.78 is 10.7. The van der Waals surface area contributed by atoms with Crippen molar-refractivity contribution in [3.63, 3.8) is 0 Å². The molecule has 3 aromatic rings. The highest BCUT2D eigenvalue weighted by Crippen LogP contribution is 2.24. The molecule has 0 saturated carbocycles. The first kappa shape index (κ1) is 18.5. The Kier molecular flexibility index (Phi) is 6.06. The number of hydrogen-bond acceptors (Lipinski definition) is 5. The number of nitrogens with one attached hydrogen (secondary N) is 2. The van der Waals surface area contributed by atoms with E-state index in [-0.39, 0.29) is 19.1 Å². The molecule has 3 rings (SSSR count). The number of rotatable bonds is 8. The molecule has 0 radical (unpaired) electrons. The SMILES string of the molecule is COc1cccc(-c2[nH]ncc2C(=O)NC[C@@H](O)COc2ccccc2)c1. The highest BCUT2D eigenvalue weighted by atomic mass is 16.5. The third kappa shape index (κ3) is 4.86. The van der Waals surface area contributed by atoms with E-state index in [2.05, 4.69) is 15.5 Å². The zero-order chi connectivity index (χ0) is 19.1. The predicted octanol–water partition coefficient (Wildman–Crippen LogP) is 2.25. The minimum absolute atomic E-state index is 0.0639. The third-order valence-corrected chi connectivity index (χ3v) is 3.93. The van der Waals surface area contributed by atoms with Crippen LogP contribution in [0.4, 0.5) is 0 Å². The lowest BCUT2D eigenvalue weighted by Gasteiger charge is -2.13. The number of ether oxygens (including phenoxy) is 2. The molecule has 7 nitrogen and oxygen atoms in total. The Hall–Kier alpha value is -3.32. The number of aromatic amines is 1. The Morgan fingerprint density at radius 2 is 1.96 bits per heavy atom. The van der Waals surface area contributed by atoms with Gasteiger partial charge in [0, 0.05) is 12.1 Å². The lowest BCUT2D eigenvalue weighted by atomic mass is 10.1. The van der Waals surface area contributed by atoms with E-state index >= 15 is 0 Å². The number of methoxy groups -OCH3 is 1. The predicted molar refractivity (Wildman–Crippen MR) is 101 cm³/mol. The van der Waals surface area contributed by atoms with Crippen molar-refractivity contribution < 1.29 is 19.4 Å². The van der Waals surface area contributed by atoms with Crippen molar-refractivity contribution in [3.05, 3.63) is 66.4 Å². The van der Waals surface area contributed by atoms with Gasteiger partial charge in [-0.15, -0.1) is 0 Å². The maximum absolute atomic E-state index is 12.5. The molecule has 140 valence electrons. The minimum Gasteiger partial charge on any atom is -0.497 e. The van der Waals surface area contributed by atoms with Gasteiger partial charge in [0.1, 0.15) is 24.2 Å². The molecule has 1 amide bonds. The number of aliphatic hydroxyl groups is 1. The lowest BCUT2D eigenvalue weighted by molar-refractivity contribution is 0.0844. The average Bonchev–Trinajstić information content (AvgIpc) is 3.21. The first-order chi connectivity index (χ1) is 13.2. The number of para-hydroxylation sites is 1. The fourth-order valence-electron chi connectivity index (χ4n) is 2.53. The van der Waals surface area contributed by atoms with Gasteiger partial charge in [0.05, 0.1) is 24.6 Å². The second-order valence-electron chi connectivity index (χ2n) is 5.88. The summed E-state index contributed by atoms with van der Waals surface area (Å²) in [5, 5.41) is 19.5. The van der Waals surface area contributed by atoms with E-state index in [4.69, 9.17) is 9.47 Å². The van der Waals surface area contributed by atoms with Gasteiger partial charge in [-0.25, -0.2) is 0 Å². The van der Waals surface area contributed by atoms with Crippen LogP contribution < -0.4 is 14.8 Å².